The van der Waals surface area contributed by atoms with Gasteiger partial charge in [0.15, 0.2) is 0 Å². The number of pyridine rings is 1. The number of fused-ring (bicyclic) bond motifs is 2. The van der Waals surface area contributed by atoms with Crippen molar-refractivity contribution in [1.29, 1.82) is 0 Å². The molecular formula is C15H18N2O2. The Bertz CT molecular complexity index is 598. The van der Waals surface area contributed by atoms with Gasteiger partial charge in [0.1, 0.15) is 12.4 Å². The molecule has 3 rings (SSSR count). The molecule has 0 unspecified atom stereocenters. The van der Waals surface area contributed by atoms with Gasteiger partial charge in [-0.05, 0) is 38.2 Å². The van der Waals surface area contributed by atoms with Crippen molar-refractivity contribution >= 4 is 10.9 Å². The third kappa shape index (κ3) is 2.49. The maximum atomic E-state index is 5.72. The van der Waals surface area contributed by atoms with E-state index in [9.17, 15) is 0 Å². The molecule has 0 aliphatic carbocycles. The Labute approximate surface area is 113 Å². The highest BCUT2D eigenvalue weighted by atomic mass is 16.5. The summed E-state index contributed by atoms with van der Waals surface area (Å²) < 4.78 is 11.3. The molecule has 4 nitrogen and oxygen atoms in total. The Morgan fingerprint density at radius 2 is 2.26 bits per heavy atom. The van der Waals surface area contributed by atoms with Crippen LogP contribution in [0.5, 0.6) is 11.6 Å². The first-order valence-electron chi connectivity index (χ1n) is 6.64. The Morgan fingerprint density at radius 1 is 1.37 bits per heavy atom. The maximum Gasteiger partial charge on any atom is 0.218 e. The van der Waals surface area contributed by atoms with Gasteiger partial charge in [0.05, 0.1) is 12.1 Å². The molecule has 0 saturated heterocycles. The average molecular weight is 258 g/mol. The van der Waals surface area contributed by atoms with Gasteiger partial charge >= 0.3 is 0 Å². The average Bonchev–Trinajstić information content (AvgIpc) is 2.57. The van der Waals surface area contributed by atoms with Crippen LogP contribution in [0.3, 0.4) is 0 Å². The molecule has 2 aromatic rings. The minimum Gasteiger partial charge on any atom is -0.494 e. The smallest absolute Gasteiger partial charge is 0.218 e. The van der Waals surface area contributed by atoms with E-state index in [0.717, 1.165) is 41.2 Å². The summed E-state index contributed by atoms with van der Waals surface area (Å²) in [6.45, 7) is 5.16. The first kappa shape index (κ1) is 12.2. The molecule has 0 spiro atoms. The minimum absolute atomic E-state index is 0.676. The van der Waals surface area contributed by atoms with Crippen LogP contribution in [0.15, 0.2) is 24.3 Å². The minimum atomic E-state index is 0.676. The summed E-state index contributed by atoms with van der Waals surface area (Å²) in [6.07, 6.45) is 0. The van der Waals surface area contributed by atoms with Crippen LogP contribution in [0.1, 0.15) is 12.5 Å². The van der Waals surface area contributed by atoms with Gasteiger partial charge in [0.25, 0.3) is 0 Å². The normalized spacial score (nSPS) is 15.7. The highest BCUT2D eigenvalue weighted by Crippen LogP contribution is 2.27. The Kier molecular flexibility index (Phi) is 3.25. The van der Waals surface area contributed by atoms with Crippen molar-refractivity contribution in [2.75, 3.05) is 26.8 Å². The van der Waals surface area contributed by atoms with Crippen LogP contribution >= 0.6 is 0 Å². The standard InChI is InChI=1S/C15H18N2O2/c1-3-18-13-4-5-14-11(9-13)8-12-10-17(2)6-7-19-15(12)16-14/h4-5,8-9H,3,6-7,10H2,1-2H3. The van der Waals surface area contributed by atoms with E-state index in [1.807, 2.05) is 25.1 Å². The monoisotopic (exact) mass is 258 g/mol. The number of ether oxygens (including phenoxy) is 2. The molecule has 0 amide bonds. The molecule has 1 aromatic heterocycles. The summed E-state index contributed by atoms with van der Waals surface area (Å²) in [7, 11) is 2.10. The van der Waals surface area contributed by atoms with Crippen molar-refractivity contribution < 1.29 is 9.47 Å². The van der Waals surface area contributed by atoms with Gasteiger partial charge < -0.3 is 9.47 Å². The number of likely N-dealkylation sites (N-methyl/N-ethyl adjacent to an activating group) is 1. The van der Waals surface area contributed by atoms with Crippen LogP contribution in [-0.4, -0.2) is 36.7 Å². The van der Waals surface area contributed by atoms with Crippen molar-refractivity contribution in [2.45, 2.75) is 13.5 Å². The number of benzene rings is 1. The molecule has 100 valence electrons. The van der Waals surface area contributed by atoms with Crippen molar-refractivity contribution in [3.05, 3.63) is 29.8 Å². The van der Waals surface area contributed by atoms with Crippen LogP contribution in [0.2, 0.25) is 0 Å². The van der Waals surface area contributed by atoms with E-state index in [1.54, 1.807) is 0 Å². The molecule has 0 fully saturated rings. The second-order valence-corrected chi connectivity index (χ2v) is 4.83. The Hall–Kier alpha value is -1.81. The highest BCUT2D eigenvalue weighted by Gasteiger charge is 2.15. The Balaban J connectivity index is 2.06. The third-order valence-electron chi connectivity index (χ3n) is 3.29. The van der Waals surface area contributed by atoms with Crippen LogP contribution in [0.25, 0.3) is 10.9 Å². The van der Waals surface area contributed by atoms with Crippen molar-refractivity contribution in [3.8, 4) is 11.6 Å². The molecule has 1 aliphatic rings. The summed E-state index contributed by atoms with van der Waals surface area (Å²) in [5.74, 6) is 1.65. The fourth-order valence-corrected chi connectivity index (χ4v) is 2.34. The van der Waals surface area contributed by atoms with Gasteiger partial charge in [-0.25, -0.2) is 4.98 Å². The fraction of sp³-hybridized carbons (Fsp3) is 0.400. The van der Waals surface area contributed by atoms with Gasteiger partial charge in [-0.1, -0.05) is 0 Å². The quantitative estimate of drug-likeness (QED) is 0.828. The van der Waals surface area contributed by atoms with Crippen molar-refractivity contribution in [3.63, 3.8) is 0 Å². The van der Waals surface area contributed by atoms with E-state index in [4.69, 9.17) is 9.47 Å². The molecule has 4 heteroatoms. The predicted molar refractivity (Wildman–Crippen MR) is 74.7 cm³/mol. The fourth-order valence-electron chi connectivity index (χ4n) is 2.34. The number of nitrogens with zero attached hydrogens (tertiary/aromatic N) is 2. The molecule has 0 radical (unpaired) electrons. The van der Waals surface area contributed by atoms with Gasteiger partial charge in [0, 0.05) is 24.0 Å². The van der Waals surface area contributed by atoms with Crippen molar-refractivity contribution in [2.24, 2.45) is 0 Å². The molecular weight excluding hydrogens is 240 g/mol. The highest BCUT2D eigenvalue weighted by molar-refractivity contribution is 5.81. The van der Waals surface area contributed by atoms with E-state index in [1.165, 1.54) is 0 Å². The SMILES string of the molecule is CCOc1ccc2nc3c(cc2c1)CN(C)CCO3. The summed E-state index contributed by atoms with van der Waals surface area (Å²) in [5.41, 5.74) is 2.09. The zero-order valence-electron chi connectivity index (χ0n) is 11.3. The van der Waals surface area contributed by atoms with Crippen molar-refractivity contribution in [1.82, 2.24) is 9.88 Å². The Morgan fingerprint density at radius 3 is 3.11 bits per heavy atom. The van der Waals surface area contributed by atoms with Gasteiger partial charge in [-0.3, -0.25) is 4.90 Å². The lowest BCUT2D eigenvalue weighted by atomic mass is 10.1. The number of rotatable bonds is 2. The lowest BCUT2D eigenvalue weighted by Gasteiger charge is -2.12. The van der Waals surface area contributed by atoms with Gasteiger partial charge in [0.2, 0.25) is 5.88 Å². The van der Waals surface area contributed by atoms with Crippen LogP contribution in [0.4, 0.5) is 0 Å². The summed E-state index contributed by atoms with van der Waals surface area (Å²) in [5, 5.41) is 1.10. The maximum absolute atomic E-state index is 5.72. The molecule has 0 bridgehead atoms. The number of aromatic nitrogens is 1. The van der Waals surface area contributed by atoms with E-state index < -0.39 is 0 Å². The second kappa shape index (κ2) is 5.05. The summed E-state index contributed by atoms with van der Waals surface area (Å²) >= 11 is 0. The lowest BCUT2D eigenvalue weighted by molar-refractivity contribution is 0.254. The number of hydrogen-bond acceptors (Lipinski definition) is 4. The van der Waals surface area contributed by atoms with E-state index in [2.05, 4.69) is 23.0 Å². The van der Waals surface area contributed by atoms with Gasteiger partial charge in [-0.15, -0.1) is 0 Å². The zero-order chi connectivity index (χ0) is 13.2. The lowest BCUT2D eigenvalue weighted by Crippen LogP contribution is -2.20. The molecule has 0 atom stereocenters. The van der Waals surface area contributed by atoms with Gasteiger partial charge in [-0.2, -0.15) is 0 Å². The summed E-state index contributed by atoms with van der Waals surface area (Å²) in [6, 6.07) is 8.13. The van der Waals surface area contributed by atoms with Crippen LogP contribution in [0, 0.1) is 0 Å². The molecule has 0 N–H and O–H groups in total. The van der Waals surface area contributed by atoms with E-state index >= 15 is 0 Å². The third-order valence-corrected chi connectivity index (χ3v) is 3.29. The van der Waals surface area contributed by atoms with Crippen LogP contribution in [-0.2, 0) is 6.54 Å². The number of hydrogen-bond donors (Lipinski definition) is 0. The van der Waals surface area contributed by atoms with Crippen LogP contribution < -0.4 is 9.47 Å². The first-order valence-corrected chi connectivity index (χ1v) is 6.64. The zero-order valence-corrected chi connectivity index (χ0v) is 11.3. The molecule has 1 aromatic carbocycles. The first-order chi connectivity index (χ1) is 9.26. The van der Waals surface area contributed by atoms with E-state index in [0.29, 0.717) is 13.2 Å². The largest absolute Gasteiger partial charge is 0.494 e. The topological polar surface area (TPSA) is 34.6 Å². The molecule has 2 heterocycles. The molecule has 0 saturated carbocycles. The molecule has 19 heavy (non-hydrogen) atoms. The van der Waals surface area contributed by atoms with E-state index in [-0.39, 0.29) is 0 Å². The molecule has 1 aliphatic heterocycles. The predicted octanol–water partition coefficient (Wildman–Crippen LogP) is 2.46. The summed E-state index contributed by atoms with van der Waals surface area (Å²) in [4.78, 5) is 6.85. The second-order valence-electron chi connectivity index (χ2n) is 4.83.